The largest absolute Gasteiger partial charge is 0.384 e. The van der Waals surface area contributed by atoms with Gasteiger partial charge in [-0.2, -0.15) is 5.26 Å². The van der Waals surface area contributed by atoms with Crippen LogP contribution in [0, 0.1) is 26.9 Å². The van der Waals surface area contributed by atoms with Crippen LogP contribution in [0.15, 0.2) is 18.2 Å². The number of nitrogens with zero attached hydrogens (tertiary/aromatic N) is 2. The summed E-state index contributed by atoms with van der Waals surface area (Å²) >= 11 is 0. The van der Waals surface area contributed by atoms with E-state index in [1.54, 1.807) is 12.1 Å². The fourth-order valence-corrected chi connectivity index (χ4v) is 1.97. The molecule has 0 aliphatic rings. The Morgan fingerprint density at radius 2 is 2.15 bits per heavy atom. The van der Waals surface area contributed by atoms with Crippen molar-refractivity contribution in [2.24, 2.45) is 5.41 Å². The Labute approximate surface area is 119 Å². The third-order valence-electron chi connectivity index (χ3n) is 3.35. The SMILES string of the molecule is CCc1ccc(NCC(C)(C)CCC#N)cc1[N+](=O)[O-]. The predicted octanol–water partition coefficient (Wildman–Crippen LogP) is 3.90. The number of nitrogens with one attached hydrogen (secondary N) is 1. The molecule has 0 aliphatic carbocycles. The molecule has 1 rings (SSSR count). The van der Waals surface area contributed by atoms with Crippen LogP contribution in [0.25, 0.3) is 0 Å². The average molecular weight is 275 g/mol. The van der Waals surface area contributed by atoms with Gasteiger partial charge in [0.1, 0.15) is 0 Å². The average Bonchev–Trinajstić information content (AvgIpc) is 2.42. The molecule has 5 heteroatoms. The number of hydrogen-bond donors (Lipinski definition) is 1. The lowest BCUT2D eigenvalue weighted by molar-refractivity contribution is -0.385. The highest BCUT2D eigenvalue weighted by molar-refractivity contribution is 5.55. The highest BCUT2D eigenvalue weighted by atomic mass is 16.6. The van der Waals surface area contributed by atoms with Gasteiger partial charge in [0.15, 0.2) is 0 Å². The molecule has 0 aromatic heterocycles. The van der Waals surface area contributed by atoms with Crippen molar-refractivity contribution >= 4 is 11.4 Å². The Bertz CT molecular complexity index is 518. The van der Waals surface area contributed by atoms with E-state index in [4.69, 9.17) is 5.26 Å². The number of hydrogen-bond acceptors (Lipinski definition) is 4. The van der Waals surface area contributed by atoms with Crippen LogP contribution < -0.4 is 5.32 Å². The number of aryl methyl sites for hydroxylation is 1. The summed E-state index contributed by atoms with van der Waals surface area (Å²) in [7, 11) is 0. The second kappa shape index (κ2) is 6.90. The van der Waals surface area contributed by atoms with Gasteiger partial charge in [-0.05, 0) is 24.3 Å². The molecule has 1 N–H and O–H groups in total. The van der Waals surface area contributed by atoms with E-state index < -0.39 is 0 Å². The van der Waals surface area contributed by atoms with Crippen molar-refractivity contribution in [2.45, 2.75) is 40.0 Å². The topological polar surface area (TPSA) is 79.0 Å². The van der Waals surface area contributed by atoms with E-state index in [2.05, 4.69) is 25.2 Å². The van der Waals surface area contributed by atoms with Gasteiger partial charge in [0.05, 0.1) is 11.0 Å². The van der Waals surface area contributed by atoms with Crippen molar-refractivity contribution in [3.8, 4) is 6.07 Å². The van der Waals surface area contributed by atoms with E-state index in [1.165, 1.54) is 0 Å². The Balaban J connectivity index is 2.77. The number of nitro benzene ring substituents is 1. The van der Waals surface area contributed by atoms with Gasteiger partial charge in [0.25, 0.3) is 5.69 Å². The molecule has 0 saturated carbocycles. The van der Waals surface area contributed by atoms with E-state index in [1.807, 2.05) is 13.0 Å². The molecule has 5 nitrogen and oxygen atoms in total. The van der Waals surface area contributed by atoms with Crippen LogP contribution >= 0.6 is 0 Å². The maximum atomic E-state index is 11.0. The molecular weight excluding hydrogens is 254 g/mol. The summed E-state index contributed by atoms with van der Waals surface area (Å²) in [4.78, 5) is 10.7. The summed E-state index contributed by atoms with van der Waals surface area (Å²) in [6.45, 7) is 6.73. The Kier molecular flexibility index (Phi) is 5.51. The summed E-state index contributed by atoms with van der Waals surface area (Å²) in [5.74, 6) is 0. The van der Waals surface area contributed by atoms with Gasteiger partial charge in [0, 0.05) is 30.3 Å². The predicted molar refractivity (Wildman–Crippen MR) is 79.6 cm³/mol. The number of benzene rings is 1. The minimum absolute atomic E-state index is 0.0199. The van der Waals surface area contributed by atoms with Gasteiger partial charge in [-0.15, -0.1) is 0 Å². The van der Waals surface area contributed by atoms with Crippen LogP contribution in [-0.4, -0.2) is 11.5 Å². The van der Waals surface area contributed by atoms with E-state index >= 15 is 0 Å². The molecule has 0 heterocycles. The number of rotatable bonds is 7. The van der Waals surface area contributed by atoms with Crippen molar-refractivity contribution in [2.75, 3.05) is 11.9 Å². The van der Waals surface area contributed by atoms with E-state index in [0.717, 1.165) is 17.7 Å². The zero-order valence-electron chi connectivity index (χ0n) is 12.3. The fourth-order valence-electron chi connectivity index (χ4n) is 1.97. The van der Waals surface area contributed by atoms with E-state index in [-0.39, 0.29) is 16.0 Å². The molecule has 0 atom stereocenters. The third kappa shape index (κ3) is 4.54. The van der Waals surface area contributed by atoms with Gasteiger partial charge < -0.3 is 5.32 Å². The van der Waals surface area contributed by atoms with Crippen molar-refractivity contribution in [3.05, 3.63) is 33.9 Å². The van der Waals surface area contributed by atoms with Gasteiger partial charge in [-0.3, -0.25) is 10.1 Å². The first-order valence-corrected chi connectivity index (χ1v) is 6.78. The standard InChI is InChI=1S/C15H21N3O2/c1-4-12-6-7-13(10-14(12)18(19)20)17-11-15(2,3)8-5-9-16/h6-7,10,17H,4-5,8,11H2,1-3H3. The molecule has 0 unspecified atom stereocenters. The van der Waals surface area contributed by atoms with Crippen molar-refractivity contribution < 1.29 is 4.92 Å². The highest BCUT2D eigenvalue weighted by Crippen LogP contribution is 2.26. The van der Waals surface area contributed by atoms with Crippen molar-refractivity contribution in [3.63, 3.8) is 0 Å². The molecular formula is C15H21N3O2. The summed E-state index contributed by atoms with van der Waals surface area (Å²) < 4.78 is 0. The maximum absolute atomic E-state index is 11.0. The first-order valence-electron chi connectivity index (χ1n) is 6.78. The molecule has 20 heavy (non-hydrogen) atoms. The summed E-state index contributed by atoms with van der Waals surface area (Å²) in [6, 6.07) is 7.39. The highest BCUT2D eigenvalue weighted by Gasteiger charge is 2.18. The number of anilines is 1. The summed E-state index contributed by atoms with van der Waals surface area (Å²) in [6.07, 6.45) is 1.96. The van der Waals surface area contributed by atoms with Crippen molar-refractivity contribution in [1.82, 2.24) is 0 Å². The third-order valence-corrected chi connectivity index (χ3v) is 3.35. The summed E-state index contributed by atoms with van der Waals surface area (Å²) in [5.41, 5.74) is 1.63. The van der Waals surface area contributed by atoms with Crippen LogP contribution in [-0.2, 0) is 6.42 Å². The van der Waals surface area contributed by atoms with E-state index in [0.29, 0.717) is 19.4 Å². The molecule has 0 saturated heterocycles. The fraction of sp³-hybridized carbons (Fsp3) is 0.533. The molecule has 0 aliphatic heterocycles. The first-order chi connectivity index (χ1) is 9.39. The molecule has 0 spiro atoms. The van der Waals surface area contributed by atoms with Gasteiger partial charge in [-0.25, -0.2) is 0 Å². The summed E-state index contributed by atoms with van der Waals surface area (Å²) in [5, 5.41) is 22.9. The van der Waals surface area contributed by atoms with Crippen LogP contribution in [0.4, 0.5) is 11.4 Å². The Morgan fingerprint density at radius 1 is 1.45 bits per heavy atom. The van der Waals surface area contributed by atoms with E-state index in [9.17, 15) is 10.1 Å². The van der Waals surface area contributed by atoms with Crippen molar-refractivity contribution in [1.29, 1.82) is 5.26 Å². The Morgan fingerprint density at radius 3 is 2.70 bits per heavy atom. The van der Waals surface area contributed by atoms with Gasteiger partial charge in [0.2, 0.25) is 0 Å². The molecule has 1 aromatic rings. The lowest BCUT2D eigenvalue weighted by Crippen LogP contribution is -2.22. The molecule has 1 aromatic carbocycles. The van der Waals surface area contributed by atoms with Gasteiger partial charge in [-0.1, -0.05) is 26.8 Å². The normalized spacial score (nSPS) is 10.9. The second-order valence-corrected chi connectivity index (χ2v) is 5.63. The number of nitriles is 1. The molecule has 0 bridgehead atoms. The minimum Gasteiger partial charge on any atom is -0.384 e. The van der Waals surface area contributed by atoms with Crippen LogP contribution in [0.1, 0.15) is 39.2 Å². The second-order valence-electron chi connectivity index (χ2n) is 5.63. The zero-order chi connectivity index (χ0) is 15.2. The lowest BCUT2D eigenvalue weighted by atomic mass is 9.88. The Hall–Kier alpha value is -2.09. The smallest absolute Gasteiger partial charge is 0.274 e. The molecule has 0 fully saturated rings. The lowest BCUT2D eigenvalue weighted by Gasteiger charge is -2.24. The quantitative estimate of drug-likeness (QED) is 0.604. The molecule has 108 valence electrons. The maximum Gasteiger partial charge on any atom is 0.274 e. The number of nitro groups is 1. The molecule has 0 amide bonds. The van der Waals surface area contributed by atoms with Crippen LogP contribution in [0.2, 0.25) is 0 Å². The van der Waals surface area contributed by atoms with Crippen LogP contribution in [0.5, 0.6) is 0 Å². The van der Waals surface area contributed by atoms with Gasteiger partial charge >= 0.3 is 0 Å². The zero-order valence-corrected chi connectivity index (χ0v) is 12.3. The minimum atomic E-state index is -0.342. The van der Waals surface area contributed by atoms with Crippen LogP contribution in [0.3, 0.4) is 0 Å². The molecule has 0 radical (unpaired) electrons. The first kappa shape index (κ1) is 16.0. The monoisotopic (exact) mass is 275 g/mol.